The summed E-state index contributed by atoms with van der Waals surface area (Å²) >= 11 is 11.7. The van der Waals surface area contributed by atoms with E-state index >= 15 is 0 Å². The molecule has 0 amide bonds. The van der Waals surface area contributed by atoms with Gasteiger partial charge in [0.1, 0.15) is 0 Å². The number of nitrogens with two attached hydrogens (primary N) is 1. The van der Waals surface area contributed by atoms with E-state index in [1.54, 1.807) is 18.2 Å². The molecule has 0 fully saturated rings. The third-order valence-electron chi connectivity index (χ3n) is 5.03. The first kappa shape index (κ1) is 31.9. The van der Waals surface area contributed by atoms with E-state index in [9.17, 15) is 4.79 Å². The second-order valence-corrected chi connectivity index (χ2v) is 8.96. The molecule has 0 saturated carbocycles. The van der Waals surface area contributed by atoms with Crippen molar-refractivity contribution in [2.45, 2.75) is 96.8 Å². The zero-order chi connectivity index (χ0) is 25.4. The molecular weight excluding hydrogens is 471 g/mol. The molecule has 192 valence electrons. The zero-order valence-electron chi connectivity index (χ0n) is 20.5. The van der Waals surface area contributed by atoms with Gasteiger partial charge in [-0.05, 0) is 44.2 Å². The number of carbonyl (C=O) groups is 1. The number of carboxylic acid groups (broad SMARTS) is 1. The van der Waals surface area contributed by atoms with E-state index in [4.69, 9.17) is 39.5 Å². The summed E-state index contributed by atoms with van der Waals surface area (Å²) < 4.78 is 0. The third-order valence-corrected chi connectivity index (χ3v) is 5.69. The second kappa shape index (κ2) is 22.7. The molecule has 5 N–H and O–H groups in total. The molecule has 0 aliphatic rings. The van der Waals surface area contributed by atoms with Crippen LogP contribution in [-0.2, 0) is 4.79 Å². The number of carboxylic acids is 1. The maximum Gasteiger partial charge on any atom is 0.303 e. The van der Waals surface area contributed by atoms with E-state index in [-0.39, 0.29) is 5.96 Å². The monoisotopic (exact) mass is 512 g/mol. The number of hydrazone groups is 1. The topological polar surface area (TPSA) is 112 Å². The number of aliphatic carboxylic acids is 1. The minimum Gasteiger partial charge on any atom is -0.481 e. The Hall–Kier alpha value is -2.05. The summed E-state index contributed by atoms with van der Waals surface area (Å²) in [5.74, 6) is -0.910. The fourth-order valence-corrected chi connectivity index (χ4v) is 3.64. The molecule has 1 aromatic carbocycles. The van der Waals surface area contributed by atoms with Gasteiger partial charge >= 0.3 is 5.97 Å². The van der Waals surface area contributed by atoms with E-state index < -0.39 is 5.97 Å². The largest absolute Gasteiger partial charge is 0.481 e. The van der Waals surface area contributed by atoms with Crippen molar-refractivity contribution >= 4 is 41.3 Å². The lowest BCUT2D eigenvalue weighted by Gasteiger charge is -2.00. The van der Waals surface area contributed by atoms with Gasteiger partial charge in [-0.3, -0.25) is 10.2 Å². The predicted octanol–water partition coefficient (Wildman–Crippen LogP) is 7.92. The predicted molar refractivity (Wildman–Crippen MR) is 146 cm³/mol. The van der Waals surface area contributed by atoms with Crippen molar-refractivity contribution in [2.24, 2.45) is 10.8 Å². The number of hydrogen-bond acceptors (Lipinski definition) is 3. The SMILES string of the molecule is CCCCCCCC/C=C\CCCCCCCC(=O)O.N=C(N)NN=Cc1c(Cl)cccc1Cl. The highest BCUT2D eigenvalue weighted by atomic mass is 35.5. The molecule has 1 rings (SSSR count). The first-order valence-electron chi connectivity index (χ1n) is 12.3. The molecule has 0 aliphatic carbocycles. The Kier molecular flexibility index (Phi) is 21.4. The standard InChI is InChI=1S/C18H34O2.C8H8Cl2N4/c1-2-3-4-5-6-7-8-9-10-11-12-13-14-15-16-17-18(19)20;9-6-2-1-3-7(10)5(6)4-13-14-8(11)12/h9-10H,2-8,11-17H2,1H3,(H,19,20);1-4H,(H4,11,12,14)/b10-9-;. The fourth-order valence-electron chi connectivity index (χ4n) is 3.15. The minimum atomic E-state index is -0.664. The van der Waals surface area contributed by atoms with Gasteiger partial charge in [0.2, 0.25) is 5.96 Å². The molecule has 1 aromatic rings. The van der Waals surface area contributed by atoms with Crippen LogP contribution in [0.1, 0.15) is 102 Å². The average molecular weight is 514 g/mol. The van der Waals surface area contributed by atoms with Crippen molar-refractivity contribution < 1.29 is 9.90 Å². The van der Waals surface area contributed by atoms with Crippen molar-refractivity contribution in [3.63, 3.8) is 0 Å². The smallest absolute Gasteiger partial charge is 0.303 e. The van der Waals surface area contributed by atoms with Crippen molar-refractivity contribution in [3.8, 4) is 0 Å². The normalized spacial score (nSPS) is 10.9. The van der Waals surface area contributed by atoms with E-state index in [2.05, 4.69) is 29.6 Å². The summed E-state index contributed by atoms with van der Waals surface area (Å²) in [5, 5.41) is 20.0. The molecule has 0 unspecified atom stereocenters. The lowest BCUT2D eigenvalue weighted by molar-refractivity contribution is -0.137. The second-order valence-electron chi connectivity index (χ2n) is 8.15. The molecule has 34 heavy (non-hydrogen) atoms. The quantitative estimate of drug-likeness (QED) is 0.0557. The lowest BCUT2D eigenvalue weighted by Crippen LogP contribution is -2.25. The maximum absolute atomic E-state index is 10.3. The molecule has 0 saturated heterocycles. The number of nitrogens with one attached hydrogen (secondary N) is 2. The van der Waals surface area contributed by atoms with Crippen molar-refractivity contribution in [2.75, 3.05) is 0 Å². The third kappa shape index (κ3) is 20.5. The van der Waals surface area contributed by atoms with E-state index in [0.29, 0.717) is 22.0 Å². The molecular formula is C26H42Cl2N4O2. The van der Waals surface area contributed by atoms with Crippen LogP contribution in [-0.4, -0.2) is 23.2 Å². The van der Waals surface area contributed by atoms with Gasteiger partial charge in [-0.2, -0.15) is 5.10 Å². The molecule has 8 heteroatoms. The highest BCUT2D eigenvalue weighted by molar-refractivity contribution is 6.38. The Morgan fingerprint density at radius 3 is 1.97 bits per heavy atom. The van der Waals surface area contributed by atoms with Crippen LogP contribution < -0.4 is 11.2 Å². The molecule has 6 nitrogen and oxygen atoms in total. The Morgan fingerprint density at radius 2 is 1.47 bits per heavy atom. The number of unbranched alkanes of at least 4 members (excludes halogenated alkanes) is 11. The van der Waals surface area contributed by atoms with Gasteiger partial charge in [0.25, 0.3) is 0 Å². The van der Waals surface area contributed by atoms with Gasteiger partial charge < -0.3 is 10.8 Å². The van der Waals surface area contributed by atoms with Crippen LogP contribution in [0.2, 0.25) is 10.0 Å². The summed E-state index contributed by atoms with van der Waals surface area (Å²) in [6.45, 7) is 2.26. The van der Waals surface area contributed by atoms with E-state index in [0.717, 1.165) is 12.8 Å². The van der Waals surface area contributed by atoms with Gasteiger partial charge in [0.05, 0.1) is 16.3 Å². The molecule has 0 aromatic heterocycles. The molecule has 0 heterocycles. The summed E-state index contributed by atoms with van der Waals surface area (Å²) in [4.78, 5) is 10.3. The van der Waals surface area contributed by atoms with Crippen molar-refractivity contribution in [3.05, 3.63) is 46.0 Å². The summed E-state index contributed by atoms with van der Waals surface area (Å²) in [6, 6.07) is 5.13. The van der Waals surface area contributed by atoms with Gasteiger partial charge in [-0.15, -0.1) is 0 Å². The average Bonchev–Trinajstić information content (AvgIpc) is 2.78. The van der Waals surface area contributed by atoms with E-state index in [1.165, 1.54) is 76.8 Å². The fraction of sp³-hybridized carbons (Fsp3) is 0.577. The molecule has 0 spiro atoms. The van der Waals surface area contributed by atoms with Gasteiger partial charge in [-0.1, -0.05) is 99.7 Å². The van der Waals surface area contributed by atoms with Crippen LogP contribution in [0.15, 0.2) is 35.5 Å². The van der Waals surface area contributed by atoms with E-state index in [1.807, 2.05) is 0 Å². The van der Waals surface area contributed by atoms with Gasteiger partial charge in [0.15, 0.2) is 0 Å². The van der Waals surface area contributed by atoms with Crippen molar-refractivity contribution in [1.82, 2.24) is 5.43 Å². The van der Waals surface area contributed by atoms with Crippen molar-refractivity contribution in [1.29, 1.82) is 5.41 Å². The molecule has 0 atom stereocenters. The molecule has 0 aliphatic heterocycles. The lowest BCUT2D eigenvalue weighted by atomic mass is 10.1. The number of rotatable bonds is 17. The first-order chi connectivity index (χ1) is 16.4. The summed E-state index contributed by atoms with van der Waals surface area (Å²) in [7, 11) is 0. The Morgan fingerprint density at radius 1 is 0.971 bits per heavy atom. The minimum absolute atomic E-state index is 0.246. The number of nitrogens with zero attached hydrogens (tertiary/aromatic N) is 1. The number of hydrogen-bond donors (Lipinski definition) is 4. The van der Waals surface area contributed by atoms with Crippen LogP contribution in [0.25, 0.3) is 0 Å². The van der Waals surface area contributed by atoms with Crippen LogP contribution in [0.3, 0.4) is 0 Å². The van der Waals surface area contributed by atoms with Crippen LogP contribution in [0, 0.1) is 5.41 Å². The van der Waals surface area contributed by atoms with Crippen LogP contribution in [0.5, 0.6) is 0 Å². The van der Waals surface area contributed by atoms with Gasteiger partial charge in [0, 0.05) is 12.0 Å². The zero-order valence-corrected chi connectivity index (χ0v) is 22.0. The van der Waals surface area contributed by atoms with Gasteiger partial charge in [-0.25, -0.2) is 5.43 Å². The first-order valence-corrected chi connectivity index (χ1v) is 13.1. The maximum atomic E-state index is 10.3. The number of guanidine groups is 1. The highest BCUT2D eigenvalue weighted by Gasteiger charge is 2.01. The molecule has 0 radical (unpaired) electrons. The van der Waals surface area contributed by atoms with Crippen LogP contribution >= 0.6 is 23.2 Å². The summed E-state index contributed by atoms with van der Waals surface area (Å²) in [6.07, 6.45) is 22.6. The number of halogens is 2. The summed E-state index contributed by atoms with van der Waals surface area (Å²) in [5.41, 5.74) is 7.87. The number of allylic oxidation sites excluding steroid dienone is 2. The highest BCUT2D eigenvalue weighted by Crippen LogP contribution is 2.21. The number of benzene rings is 1. The Balaban J connectivity index is 0.000000679. The molecule has 0 bridgehead atoms. The van der Waals surface area contributed by atoms with Crippen LogP contribution in [0.4, 0.5) is 0 Å². The Labute approximate surface area is 215 Å². The Bertz CT molecular complexity index is 719.